The zero-order valence-corrected chi connectivity index (χ0v) is 29.2. The van der Waals surface area contributed by atoms with E-state index in [0.29, 0.717) is 44.5 Å². The van der Waals surface area contributed by atoms with Crippen molar-refractivity contribution in [2.24, 2.45) is 7.05 Å². The zero-order valence-electron chi connectivity index (χ0n) is 26.9. The van der Waals surface area contributed by atoms with Crippen LogP contribution in [0, 0.1) is 6.92 Å². The summed E-state index contributed by atoms with van der Waals surface area (Å²) in [6.07, 6.45) is 1.93. The van der Waals surface area contributed by atoms with Crippen molar-refractivity contribution in [3.8, 4) is 5.69 Å². The second-order valence-electron chi connectivity index (χ2n) is 10.9. The molecule has 0 aliphatic carbocycles. The molecule has 0 spiro atoms. The Morgan fingerprint density at radius 1 is 0.878 bits per heavy atom. The zero-order chi connectivity index (χ0) is 35.1. The molecule has 1 atom stereocenters. The Balaban J connectivity index is 1.34. The lowest BCUT2D eigenvalue weighted by molar-refractivity contribution is -0.116. The van der Waals surface area contributed by atoms with Gasteiger partial charge in [0.25, 0.3) is 17.4 Å². The van der Waals surface area contributed by atoms with E-state index >= 15 is 0 Å². The van der Waals surface area contributed by atoms with E-state index < -0.39 is 17.1 Å². The fraction of sp³-hybridized carbons (Fsp3) is 0.135. The van der Waals surface area contributed by atoms with Gasteiger partial charge in [0, 0.05) is 23.2 Å². The quantitative estimate of drug-likeness (QED) is 0.0959. The molecular weight excluding hydrogens is 681 g/mol. The second-order valence-corrected chi connectivity index (χ2v) is 13.0. The second kappa shape index (κ2) is 15.9. The van der Waals surface area contributed by atoms with E-state index in [9.17, 15) is 19.2 Å². The lowest BCUT2D eigenvalue weighted by Gasteiger charge is -2.16. The number of rotatable bonds is 11. The third-order valence-electron chi connectivity index (χ3n) is 7.65. The predicted octanol–water partition coefficient (Wildman–Crippen LogP) is 7.71. The first-order chi connectivity index (χ1) is 23.6. The Morgan fingerprint density at radius 3 is 2.24 bits per heavy atom. The molecule has 1 aromatic heterocycles. The number of halogens is 2. The minimum Gasteiger partial charge on any atom is -0.321 e. The molecule has 5 aromatic rings. The maximum atomic E-state index is 13.6. The van der Waals surface area contributed by atoms with Crippen molar-refractivity contribution >= 4 is 70.1 Å². The molecule has 1 unspecified atom stereocenters. The molecule has 0 aliphatic heterocycles. The molecule has 12 heteroatoms. The number of hydrogen-bond donors (Lipinski definition) is 3. The summed E-state index contributed by atoms with van der Waals surface area (Å²) in [6, 6.07) is 29.7. The number of carbonyl (C=O) groups excluding carboxylic acids is 3. The SMILES string of the molecule is CCC(Sc1cccc(NC(=O)/C(=C\c2cccc(Cl)c2Cl)NC(=O)c2ccccc2)c1)C(=O)Nc1c(C)n(C)n(-c2ccccc2)c1=O. The fourth-order valence-electron chi connectivity index (χ4n) is 4.98. The maximum Gasteiger partial charge on any atom is 0.295 e. The van der Waals surface area contributed by atoms with Gasteiger partial charge in [0.2, 0.25) is 5.91 Å². The van der Waals surface area contributed by atoms with E-state index in [4.69, 9.17) is 23.2 Å². The summed E-state index contributed by atoms with van der Waals surface area (Å²) in [5.41, 5.74) is 2.39. The van der Waals surface area contributed by atoms with Crippen molar-refractivity contribution in [2.45, 2.75) is 30.4 Å². The van der Waals surface area contributed by atoms with E-state index in [0.717, 1.165) is 0 Å². The standard InChI is InChI=1S/C37H33Cl2N5O4S/c1-4-31(36(47)42-33-23(2)43(3)44(37(33)48)27-17-9-6-10-18-27)49-28-19-12-16-26(22-28)40-35(46)30(21-25-15-11-20-29(38)32(25)39)41-34(45)24-13-7-5-8-14-24/h5-22,31H,4H2,1-3H3,(H,40,46)(H,41,45)(H,42,47)/b30-21+. The number of hydrogen-bond acceptors (Lipinski definition) is 5. The Morgan fingerprint density at radius 2 is 1.55 bits per heavy atom. The normalized spacial score (nSPS) is 11.9. The van der Waals surface area contributed by atoms with Gasteiger partial charge in [-0.15, -0.1) is 11.8 Å². The number of carbonyl (C=O) groups is 3. The number of nitrogens with one attached hydrogen (secondary N) is 3. The van der Waals surface area contributed by atoms with E-state index in [1.54, 1.807) is 85.4 Å². The highest BCUT2D eigenvalue weighted by Gasteiger charge is 2.24. The average Bonchev–Trinajstić information content (AvgIpc) is 3.32. The molecule has 0 radical (unpaired) electrons. The Bertz CT molecular complexity index is 2100. The molecule has 0 saturated heterocycles. The topological polar surface area (TPSA) is 114 Å². The number of amides is 3. The van der Waals surface area contributed by atoms with Gasteiger partial charge in [0.1, 0.15) is 11.4 Å². The summed E-state index contributed by atoms with van der Waals surface area (Å²) in [7, 11) is 1.77. The first-order valence-corrected chi connectivity index (χ1v) is 17.0. The molecule has 0 aliphatic rings. The van der Waals surface area contributed by atoms with Crippen molar-refractivity contribution in [1.82, 2.24) is 14.7 Å². The molecule has 0 fully saturated rings. The molecule has 3 amide bonds. The van der Waals surface area contributed by atoms with Gasteiger partial charge in [-0.05, 0) is 73.5 Å². The van der Waals surface area contributed by atoms with Crippen molar-refractivity contribution in [3.05, 3.63) is 146 Å². The van der Waals surface area contributed by atoms with E-state index in [-0.39, 0.29) is 27.9 Å². The summed E-state index contributed by atoms with van der Waals surface area (Å²) in [6.45, 7) is 3.67. The number of para-hydroxylation sites is 1. The van der Waals surface area contributed by atoms with Gasteiger partial charge in [0.15, 0.2) is 0 Å². The third kappa shape index (κ3) is 8.34. The minimum absolute atomic E-state index is 0.0544. The number of benzene rings is 4. The number of aromatic nitrogens is 2. The molecule has 9 nitrogen and oxygen atoms in total. The first kappa shape index (κ1) is 35.3. The Kier molecular flexibility index (Phi) is 11.5. The lowest BCUT2D eigenvalue weighted by Crippen LogP contribution is -2.30. The van der Waals surface area contributed by atoms with Crippen LogP contribution >= 0.6 is 35.0 Å². The Labute approximate surface area is 297 Å². The van der Waals surface area contributed by atoms with Crippen LogP contribution in [0.4, 0.5) is 11.4 Å². The van der Waals surface area contributed by atoms with Gasteiger partial charge >= 0.3 is 0 Å². The first-order valence-electron chi connectivity index (χ1n) is 15.3. The number of anilines is 2. The molecule has 5 rings (SSSR count). The van der Waals surface area contributed by atoms with Crippen LogP contribution in [-0.2, 0) is 16.6 Å². The van der Waals surface area contributed by atoms with Crippen LogP contribution in [0.15, 0.2) is 119 Å². The molecule has 49 heavy (non-hydrogen) atoms. The molecule has 4 aromatic carbocycles. The third-order valence-corrected chi connectivity index (χ3v) is 9.84. The van der Waals surface area contributed by atoms with Crippen LogP contribution in [0.2, 0.25) is 10.0 Å². The monoisotopic (exact) mass is 713 g/mol. The summed E-state index contributed by atoms with van der Waals surface area (Å²) in [5.74, 6) is -1.40. The van der Waals surface area contributed by atoms with E-state index in [2.05, 4.69) is 16.0 Å². The fourth-order valence-corrected chi connectivity index (χ4v) is 6.35. The molecular formula is C37H33Cl2N5O4S. The highest BCUT2D eigenvalue weighted by molar-refractivity contribution is 8.00. The maximum absolute atomic E-state index is 13.6. The highest BCUT2D eigenvalue weighted by Crippen LogP contribution is 2.30. The lowest BCUT2D eigenvalue weighted by atomic mass is 10.1. The van der Waals surface area contributed by atoms with Gasteiger partial charge in [-0.1, -0.05) is 84.7 Å². The van der Waals surface area contributed by atoms with Crippen molar-refractivity contribution in [3.63, 3.8) is 0 Å². The summed E-state index contributed by atoms with van der Waals surface area (Å²) in [5, 5.41) is 8.37. The molecule has 0 saturated carbocycles. The summed E-state index contributed by atoms with van der Waals surface area (Å²) < 4.78 is 3.22. The van der Waals surface area contributed by atoms with Crippen LogP contribution in [-0.4, -0.2) is 32.3 Å². The van der Waals surface area contributed by atoms with Crippen molar-refractivity contribution in [1.29, 1.82) is 0 Å². The molecule has 3 N–H and O–H groups in total. The average molecular weight is 715 g/mol. The van der Waals surface area contributed by atoms with Crippen molar-refractivity contribution in [2.75, 3.05) is 10.6 Å². The van der Waals surface area contributed by atoms with Gasteiger partial charge in [-0.25, -0.2) is 4.68 Å². The summed E-state index contributed by atoms with van der Waals surface area (Å²) >= 11 is 13.9. The van der Waals surface area contributed by atoms with E-state index in [1.807, 2.05) is 43.3 Å². The van der Waals surface area contributed by atoms with Crippen LogP contribution in [0.3, 0.4) is 0 Å². The van der Waals surface area contributed by atoms with Crippen LogP contribution in [0.25, 0.3) is 11.8 Å². The highest BCUT2D eigenvalue weighted by atomic mass is 35.5. The Hall–Kier alpha value is -5.03. The van der Waals surface area contributed by atoms with Gasteiger partial charge in [0.05, 0.1) is 26.7 Å². The van der Waals surface area contributed by atoms with Crippen LogP contribution in [0.5, 0.6) is 0 Å². The van der Waals surface area contributed by atoms with Gasteiger partial charge in [-0.3, -0.25) is 23.9 Å². The molecule has 1 heterocycles. The van der Waals surface area contributed by atoms with E-state index in [1.165, 1.54) is 22.5 Å². The van der Waals surface area contributed by atoms with Crippen molar-refractivity contribution < 1.29 is 14.4 Å². The molecule has 250 valence electrons. The van der Waals surface area contributed by atoms with Gasteiger partial charge in [-0.2, -0.15) is 0 Å². The minimum atomic E-state index is -0.596. The smallest absolute Gasteiger partial charge is 0.295 e. The van der Waals surface area contributed by atoms with Gasteiger partial charge < -0.3 is 16.0 Å². The van der Waals surface area contributed by atoms with Crippen LogP contribution in [0.1, 0.15) is 35.0 Å². The predicted molar refractivity (Wildman–Crippen MR) is 198 cm³/mol. The largest absolute Gasteiger partial charge is 0.321 e. The number of nitrogens with zero attached hydrogens (tertiary/aromatic N) is 2. The number of thioether (sulfide) groups is 1. The summed E-state index contributed by atoms with van der Waals surface area (Å²) in [4.78, 5) is 54.2. The molecule has 0 bridgehead atoms. The van der Waals surface area contributed by atoms with Crippen LogP contribution < -0.4 is 21.5 Å².